The minimum Gasteiger partial charge on any atom is -0.481 e. The molecule has 0 bridgehead atoms. The van der Waals surface area contributed by atoms with Crippen LogP contribution in [0.2, 0.25) is 0 Å². The highest BCUT2D eigenvalue weighted by atomic mass is 32.2. The van der Waals surface area contributed by atoms with E-state index in [1.165, 1.54) is 4.31 Å². The Morgan fingerprint density at radius 1 is 1.47 bits per heavy atom. The van der Waals surface area contributed by atoms with Gasteiger partial charge >= 0.3 is 5.97 Å². The molecule has 1 aliphatic rings. The van der Waals surface area contributed by atoms with Gasteiger partial charge in [0, 0.05) is 19.0 Å². The third-order valence-electron chi connectivity index (χ3n) is 2.87. The summed E-state index contributed by atoms with van der Waals surface area (Å²) in [6.45, 7) is 0.397. The van der Waals surface area contributed by atoms with Crippen molar-refractivity contribution in [1.29, 1.82) is 5.26 Å². The molecular weight excluding hydrogens is 244 g/mol. The number of carboxylic acid groups (broad SMARTS) is 1. The van der Waals surface area contributed by atoms with Gasteiger partial charge in [0.25, 0.3) is 0 Å². The number of nitrogens with zero attached hydrogens (tertiary/aromatic N) is 2. The molecule has 17 heavy (non-hydrogen) atoms. The first-order valence-corrected chi connectivity index (χ1v) is 7.16. The summed E-state index contributed by atoms with van der Waals surface area (Å²) in [6, 6.07) is 1.38. The van der Waals surface area contributed by atoms with E-state index in [0.717, 1.165) is 12.8 Å². The number of nitriles is 1. The fraction of sp³-hybridized carbons (Fsp3) is 0.800. The second-order valence-corrected chi connectivity index (χ2v) is 6.03. The highest BCUT2D eigenvalue weighted by molar-refractivity contribution is 7.89. The fourth-order valence-electron chi connectivity index (χ4n) is 2.08. The van der Waals surface area contributed by atoms with E-state index in [2.05, 4.69) is 0 Å². The topological polar surface area (TPSA) is 98.5 Å². The van der Waals surface area contributed by atoms with Crippen LogP contribution in [0.1, 0.15) is 32.1 Å². The normalized spacial score (nSPS) is 21.9. The number of carboxylic acids is 1. The highest BCUT2D eigenvalue weighted by Gasteiger charge is 2.31. The van der Waals surface area contributed by atoms with Gasteiger partial charge < -0.3 is 5.11 Å². The molecule has 0 spiro atoms. The largest absolute Gasteiger partial charge is 0.481 e. The van der Waals surface area contributed by atoms with Crippen molar-refractivity contribution in [3.8, 4) is 6.07 Å². The summed E-state index contributed by atoms with van der Waals surface area (Å²) in [5.41, 5.74) is 0. The maximum absolute atomic E-state index is 11.8. The maximum Gasteiger partial charge on any atom is 0.303 e. The summed E-state index contributed by atoms with van der Waals surface area (Å²) >= 11 is 0. The van der Waals surface area contributed by atoms with Crippen molar-refractivity contribution in [2.24, 2.45) is 0 Å². The van der Waals surface area contributed by atoms with Crippen molar-refractivity contribution in [3.05, 3.63) is 0 Å². The van der Waals surface area contributed by atoms with Gasteiger partial charge in [-0.05, 0) is 19.3 Å². The molecule has 0 aromatic rings. The maximum atomic E-state index is 11.8. The number of rotatable bonds is 5. The Kier molecular flexibility index (Phi) is 4.90. The summed E-state index contributed by atoms with van der Waals surface area (Å²) in [4.78, 5) is 10.5. The lowest BCUT2D eigenvalue weighted by Crippen LogP contribution is -2.44. The Hall–Kier alpha value is -1.13. The van der Waals surface area contributed by atoms with Crippen LogP contribution in [0, 0.1) is 11.3 Å². The summed E-state index contributed by atoms with van der Waals surface area (Å²) in [5, 5.41) is 17.1. The lowest BCUT2D eigenvalue weighted by atomic mass is 10.0. The van der Waals surface area contributed by atoms with Crippen LogP contribution in [-0.4, -0.2) is 42.1 Å². The molecule has 0 aromatic carbocycles. The third-order valence-corrected chi connectivity index (χ3v) is 4.56. The van der Waals surface area contributed by atoms with Crippen molar-refractivity contribution < 1.29 is 18.3 Å². The van der Waals surface area contributed by atoms with Crippen LogP contribution in [-0.2, 0) is 14.8 Å². The Morgan fingerprint density at radius 3 is 2.76 bits per heavy atom. The third kappa shape index (κ3) is 3.98. The standard InChI is InChI=1S/C10H16N2O4S/c11-6-8-17(15,16)12-7-2-1-3-9(12)4-5-10(13)14/h9H,1-5,7-8H2,(H,13,14). The summed E-state index contributed by atoms with van der Waals surface area (Å²) in [5.74, 6) is -1.45. The van der Waals surface area contributed by atoms with Crippen LogP contribution in [0.3, 0.4) is 0 Å². The van der Waals surface area contributed by atoms with E-state index >= 15 is 0 Å². The Labute approximate surface area is 101 Å². The quantitative estimate of drug-likeness (QED) is 0.778. The van der Waals surface area contributed by atoms with Gasteiger partial charge in [0.2, 0.25) is 10.0 Å². The van der Waals surface area contributed by atoms with E-state index in [-0.39, 0.29) is 12.5 Å². The molecule has 0 radical (unpaired) electrons. The van der Waals surface area contributed by atoms with Gasteiger partial charge in [-0.25, -0.2) is 8.42 Å². The number of piperidine rings is 1. The molecule has 7 heteroatoms. The van der Waals surface area contributed by atoms with Crippen molar-refractivity contribution in [3.63, 3.8) is 0 Å². The molecule has 1 atom stereocenters. The van der Waals surface area contributed by atoms with Crippen molar-refractivity contribution in [2.45, 2.75) is 38.1 Å². The van der Waals surface area contributed by atoms with E-state index in [0.29, 0.717) is 19.4 Å². The van der Waals surface area contributed by atoms with Gasteiger partial charge in [-0.3, -0.25) is 4.79 Å². The van der Waals surface area contributed by atoms with E-state index in [1.807, 2.05) is 0 Å². The van der Waals surface area contributed by atoms with Crippen LogP contribution in [0.25, 0.3) is 0 Å². The zero-order valence-corrected chi connectivity index (χ0v) is 10.3. The smallest absolute Gasteiger partial charge is 0.303 e. The van der Waals surface area contributed by atoms with Crippen molar-refractivity contribution >= 4 is 16.0 Å². The van der Waals surface area contributed by atoms with Gasteiger partial charge in [-0.15, -0.1) is 0 Å². The molecule has 1 aliphatic heterocycles. The van der Waals surface area contributed by atoms with Gasteiger partial charge in [0.05, 0.1) is 6.07 Å². The Balaban J connectivity index is 2.72. The minimum absolute atomic E-state index is 0.0385. The second-order valence-electron chi connectivity index (χ2n) is 4.11. The van der Waals surface area contributed by atoms with E-state index < -0.39 is 21.7 Å². The summed E-state index contributed by atoms with van der Waals surface area (Å²) in [6.07, 6.45) is 2.64. The summed E-state index contributed by atoms with van der Waals surface area (Å²) in [7, 11) is -3.55. The van der Waals surface area contributed by atoms with E-state index in [1.54, 1.807) is 6.07 Å². The molecule has 1 rings (SSSR count). The first-order valence-electron chi connectivity index (χ1n) is 5.55. The molecule has 96 valence electrons. The predicted molar refractivity (Wildman–Crippen MR) is 60.6 cm³/mol. The van der Waals surface area contributed by atoms with Gasteiger partial charge in [0.1, 0.15) is 0 Å². The van der Waals surface area contributed by atoms with Crippen LogP contribution in [0.15, 0.2) is 0 Å². The van der Waals surface area contributed by atoms with Gasteiger partial charge in [0.15, 0.2) is 5.75 Å². The average Bonchev–Trinajstić information content (AvgIpc) is 2.26. The number of hydrogen-bond acceptors (Lipinski definition) is 4. The molecule has 0 amide bonds. The zero-order valence-electron chi connectivity index (χ0n) is 9.50. The minimum atomic E-state index is -3.55. The molecule has 1 unspecified atom stereocenters. The lowest BCUT2D eigenvalue weighted by Gasteiger charge is -2.33. The molecule has 1 heterocycles. The van der Waals surface area contributed by atoms with Crippen LogP contribution in [0.4, 0.5) is 0 Å². The molecule has 1 saturated heterocycles. The van der Waals surface area contributed by atoms with Crippen LogP contribution in [0.5, 0.6) is 0 Å². The molecule has 0 saturated carbocycles. The number of sulfonamides is 1. The first-order chi connectivity index (χ1) is 7.97. The SMILES string of the molecule is N#CCS(=O)(=O)N1CCCCC1CCC(=O)O. The van der Waals surface area contributed by atoms with Crippen molar-refractivity contribution in [2.75, 3.05) is 12.3 Å². The molecule has 1 N–H and O–H groups in total. The van der Waals surface area contributed by atoms with E-state index in [9.17, 15) is 13.2 Å². The lowest BCUT2D eigenvalue weighted by molar-refractivity contribution is -0.137. The molecule has 1 fully saturated rings. The number of hydrogen-bond donors (Lipinski definition) is 1. The van der Waals surface area contributed by atoms with Crippen molar-refractivity contribution in [1.82, 2.24) is 4.31 Å². The summed E-state index contributed by atoms with van der Waals surface area (Å²) < 4.78 is 24.9. The predicted octanol–water partition coefficient (Wildman–Crippen LogP) is 0.559. The Bertz CT molecular complexity index is 413. The highest BCUT2D eigenvalue weighted by Crippen LogP contribution is 2.24. The fourth-order valence-corrected chi connectivity index (χ4v) is 3.48. The second kappa shape index (κ2) is 5.98. The Morgan fingerprint density at radius 2 is 2.18 bits per heavy atom. The first kappa shape index (κ1) is 13.9. The molecule has 0 aromatic heterocycles. The molecule has 0 aliphatic carbocycles. The number of carbonyl (C=O) groups is 1. The number of aliphatic carboxylic acids is 1. The van der Waals surface area contributed by atoms with Gasteiger partial charge in [-0.2, -0.15) is 9.57 Å². The molecule has 6 nitrogen and oxygen atoms in total. The average molecular weight is 260 g/mol. The van der Waals surface area contributed by atoms with Crippen LogP contribution < -0.4 is 0 Å². The van der Waals surface area contributed by atoms with E-state index in [4.69, 9.17) is 10.4 Å². The molecular formula is C10H16N2O4S. The zero-order chi connectivity index (χ0) is 12.9. The monoisotopic (exact) mass is 260 g/mol. The van der Waals surface area contributed by atoms with Gasteiger partial charge in [-0.1, -0.05) is 6.42 Å². The van der Waals surface area contributed by atoms with Crippen LogP contribution >= 0.6 is 0 Å².